The molecule has 0 fully saturated rings. The van der Waals surface area contributed by atoms with Crippen molar-refractivity contribution < 1.29 is 22.4 Å². The number of hydrogen-bond acceptors (Lipinski definition) is 2. The molecule has 0 unspecified atom stereocenters. The summed E-state index contributed by atoms with van der Waals surface area (Å²) in [5.41, 5.74) is 5.31. The zero-order chi connectivity index (χ0) is 19.1. The molecule has 0 atom stereocenters. The molecule has 8 heteroatoms. The van der Waals surface area contributed by atoms with Gasteiger partial charge in [0.2, 0.25) is 0 Å². The van der Waals surface area contributed by atoms with Crippen molar-refractivity contribution in [1.82, 2.24) is 9.78 Å². The molecule has 2 aromatic carbocycles. The highest BCUT2D eigenvalue weighted by atomic mass is 19.4. The van der Waals surface area contributed by atoms with Gasteiger partial charge in [0, 0.05) is 5.69 Å². The van der Waals surface area contributed by atoms with Crippen molar-refractivity contribution in [3.63, 3.8) is 0 Å². The molecular formula is C18H13F4N3O. The van der Waals surface area contributed by atoms with E-state index in [1.54, 1.807) is 19.1 Å². The lowest BCUT2D eigenvalue weighted by Gasteiger charge is -2.14. The largest absolute Gasteiger partial charge is 0.417 e. The Morgan fingerprint density at radius 3 is 2.46 bits per heavy atom. The van der Waals surface area contributed by atoms with Gasteiger partial charge in [-0.15, -0.1) is 0 Å². The molecule has 134 valence electrons. The first kappa shape index (κ1) is 17.7. The third-order valence-corrected chi connectivity index (χ3v) is 3.83. The van der Waals surface area contributed by atoms with Gasteiger partial charge in [-0.3, -0.25) is 4.79 Å². The summed E-state index contributed by atoms with van der Waals surface area (Å²) >= 11 is 0. The van der Waals surface area contributed by atoms with Crippen molar-refractivity contribution in [1.29, 1.82) is 0 Å². The lowest BCUT2D eigenvalue weighted by atomic mass is 9.98. The molecule has 1 amide bonds. The predicted molar refractivity (Wildman–Crippen MR) is 87.2 cm³/mol. The molecule has 0 saturated heterocycles. The van der Waals surface area contributed by atoms with Crippen molar-refractivity contribution in [2.45, 2.75) is 13.1 Å². The van der Waals surface area contributed by atoms with E-state index < -0.39 is 23.5 Å². The number of nitrogens with zero attached hydrogens (tertiary/aromatic N) is 2. The first-order valence-electron chi connectivity index (χ1n) is 7.51. The summed E-state index contributed by atoms with van der Waals surface area (Å²) < 4.78 is 54.5. The fourth-order valence-electron chi connectivity index (χ4n) is 2.66. The molecule has 0 radical (unpaired) electrons. The molecule has 0 aliphatic rings. The van der Waals surface area contributed by atoms with E-state index in [2.05, 4.69) is 5.10 Å². The fourth-order valence-corrected chi connectivity index (χ4v) is 2.66. The first-order chi connectivity index (χ1) is 12.2. The zero-order valence-electron chi connectivity index (χ0n) is 13.5. The molecule has 0 aliphatic carbocycles. The van der Waals surface area contributed by atoms with Crippen LogP contribution in [-0.2, 0) is 6.18 Å². The molecule has 0 saturated carbocycles. The van der Waals surface area contributed by atoms with Crippen LogP contribution in [0.2, 0.25) is 0 Å². The van der Waals surface area contributed by atoms with Crippen LogP contribution in [0.25, 0.3) is 16.8 Å². The molecule has 26 heavy (non-hydrogen) atoms. The number of aromatic nitrogens is 2. The Morgan fingerprint density at radius 2 is 1.85 bits per heavy atom. The third kappa shape index (κ3) is 3.30. The van der Waals surface area contributed by atoms with Gasteiger partial charge in [-0.1, -0.05) is 18.2 Å². The van der Waals surface area contributed by atoms with Gasteiger partial charge in [0.15, 0.2) is 5.69 Å². The molecule has 4 nitrogen and oxygen atoms in total. The Kier molecular flexibility index (Phi) is 4.27. The minimum absolute atomic E-state index is 0.0469. The summed E-state index contributed by atoms with van der Waals surface area (Å²) in [7, 11) is 0. The number of carbonyl (C=O) groups excluding carboxylic acids is 1. The number of aryl methyl sites for hydroxylation is 1. The highest BCUT2D eigenvalue weighted by Crippen LogP contribution is 2.38. The monoisotopic (exact) mass is 363 g/mol. The normalized spacial score (nSPS) is 11.6. The number of benzene rings is 2. The van der Waals surface area contributed by atoms with Crippen LogP contribution in [0.4, 0.5) is 17.6 Å². The van der Waals surface area contributed by atoms with Crippen LogP contribution in [0.5, 0.6) is 0 Å². The zero-order valence-corrected chi connectivity index (χ0v) is 13.5. The van der Waals surface area contributed by atoms with Gasteiger partial charge < -0.3 is 5.73 Å². The molecule has 0 aliphatic heterocycles. The SMILES string of the molecule is Cc1cc(C(N)=O)nn1-c1cccc(-c2ccc(F)cc2C(F)(F)F)c1. The van der Waals surface area contributed by atoms with Crippen molar-refractivity contribution in [3.8, 4) is 16.8 Å². The standard InChI is InChI=1S/C18H13F4N3O/c1-10-7-16(17(23)26)24-25(10)13-4-2-3-11(8-13)14-6-5-12(19)9-15(14)18(20,21)22/h2-9H,1H3,(H2,23,26). The van der Waals surface area contributed by atoms with E-state index in [1.165, 1.54) is 22.9 Å². The molecule has 0 spiro atoms. The van der Waals surface area contributed by atoms with Crippen LogP contribution < -0.4 is 5.73 Å². The quantitative estimate of drug-likeness (QED) is 0.712. The fraction of sp³-hybridized carbons (Fsp3) is 0.111. The third-order valence-electron chi connectivity index (χ3n) is 3.83. The average Bonchev–Trinajstić information content (AvgIpc) is 2.96. The number of primary amides is 1. The van der Waals surface area contributed by atoms with E-state index in [0.717, 1.165) is 12.1 Å². The number of amides is 1. The Bertz CT molecular complexity index is 992. The van der Waals surface area contributed by atoms with Crippen molar-refractivity contribution in [3.05, 3.63) is 71.3 Å². The van der Waals surface area contributed by atoms with Gasteiger partial charge in [0.05, 0.1) is 11.3 Å². The Balaban J connectivity index is 2.14. The minimum Gasteiger partial charge on any atom is -0.364 e. The summed E-state index contributed by atoms with van der Waals surface area (Å²) in [5, 5.41) is 4.06. The van der Waals surface area contributed by atoms with Gasteiger partial charge >= 0.3 is 6.18 Å². The Hall–Kier alpha value is -3.16. The summed E-state index contributed by atoms with van der Waals surface area (Å²) in [6.07, 6.45) is -4.70. The second kappa shape index (κ2) is 6.29. The van der Waals surface area contributed by atoms with Gasteiger partial charge in [-0.25, -0.2) is 9.07 Å². The van der Waals surface area contributed by atoms with Crippen molar-refractivity contribution in [2.75, 3.05) is 0 Å². The highest BCUT2D eigenvalue weighted by molar-refractivity contribution is 5.90. The van der Waals surface area contributed by atoms with Gasteiger partial charge in [0.1, 0.15) is 5.82 Å². The number of nitrogens with two attached hydrogens (primary N) is 1. The maximum Gasteiger partial charge on any atom is 0.417 e. The van der Waals surface area contributed by atoms with Crippen molar-refractivity contribution >= 4 is 5.91 Å². The molecular weight excluding hydrogens is 350 g/mol. The van der Waals surface area contributed by atoms with E-state index >= 15 is 0 Å². The number of rotatable bonds is 3. The van der Waals surface area contributed by atoms with Crippen LogP contribution in [0.15, 0.2) is 48.5 Å². The number of carbonyl (C=O) groups is 1. The van der Waals surface area contributed by atoms with E-state index in [9.17, 15) is 22.4 Å². The highest BCUT2D eigenvalue weighted by Gasteiger charge is 2.34. The summed E-state index contributed by atoms with van der Waals surface area (Å²) in [6, 6.07) is 10.2. The predicted octanol–water partition coefficient (Wildman–Crippen LogP) is 4.10. The van der Waals surface area contributed by atoms with Crippen LogP contribution in [0.3, 0.4) is 0 Å². The van der Waals surface area contributed by atoms with Gasteiger partial charge in [0.25, 0.3) is 5.91 Å². The molecule has 3 rings (SSSR count). The maximum atomic E-state index is 13.3. The number of alkyl halides is 3. The van der Waals surface area contributed by atoms with E-state index in [0.29, 0.717) is 17.4 Å². The van der Waals surface area contributed by atoms with Crippen LogP contribution in [0.1, 0.15) is 21.7 Å². The second-order valence-corrected chi connectivity index (χ2v) is 5.69. The van der Waals surface area contributed by atoms with E-state index in [1.807, 2.05) is 0 Å². The van der Waals surface area contributed by atoms with E-state index in [4.69, 9.17) is 5.73 Å². The number of hydrogen-bond donors (Lipinski definition) is 1. The molecule has 2 N–H and O–H groups in total. The topological polar surface area (TPSA) is 60.9 Å². The summed E-state index contributed by atoms with van der Waals surface area (Å²) in [5.74, 6) is -1.67. The first-order valence-corrected chi connectivity index (χ1v) is 7.51. The summed E-state index contributed by atoms with van der Waals surface area (Å²) in [4.78, 5) is 11.3. The van der Waals surface area contributed by atoms with Gasteiger partial charge in [-0.05, 0) is 48.4 Å². The lowest BCUT2D eigenvalue weighted by Crippen LogP contribution is -2.12. The summed E-state index contributed by atoms with van der Waals surface area (Å²) in [6.45, 7) is 1.69. The Labute approximate surface area is 145 Å². The molecule has 1 heterocycles. The Morgan fingerprint density at radius 1 is 1.12 bits per heavy atom. The molecule has 0 bridgehead atoms. The van der Waals surface area contributed by atoms with Crippen LogP contribution in [0, 0.1) is 12.7 Å². The van der Waals surface area contributed by atoms with Crippen LogP contribution in [-0.4, -0.2) is 15.7 Å². The van der Waals surface area contributed by atoms with Gasteiger partial charge in [-0.2, -0.15) is 18.3 Å². The lowest BCUT2D eigenvalue weighted by molar-refractivity contribution is -0.137. The minimum atomic E-state index is -4.70. The van der Waals surface area contributed by atoms with Crippen molar-refractivity contribution in [2.24, 2.45) is 5.73 Å². The molecule has 3 aromatic rings. The average molecular weight is 363 g/mol. The second-order valence-electron chi connectivity index (χ2n) is 5.69. The smallest absolute Gasteiger partial charge is 0.364 e. The molecule has 1 aromatic heterocycles. The van der Waals surface area contributed by atoms with Crippen LogP contribution >= 0.6 is 0 Å². The number of halogens is 4. The maximum absolute atomic E-state index is 13.3. The van der Waals surface area contributed by atoms with E-state index in [-0.39, 0.29) is 16.8 Å².